The van der Waals surface area contributed by atoms with Gasteiger partial charge in [0.15, 0.2) is 5.78 Å². The molecule has 6 heteroatoms. The predicted molar refractivity (Wildman–Crippen MR) is 143 cm³/mol. The van der Waals surface area contributed by atoms with Crippen LogP contribution in [0.25, 0.3) is 10.7 Å². The van der Waals surface area contributed by atoms with Crippen LogP contribution in [-0.2, 0) is 6.54 Å². The standard InChI is InChI=1S/C29H30N4OS/c34-28(25-10-4-5-11-26(25)32-23-8-2-1-3-9-23)14-13-22-15-18-33(19-16-22)21-24-20-31-29(35-24)27-12-6-7-17-30-27/h1-12,17,20,22,32H,13-16,18-19,21H2. The number of likely N-dealkylation sites (tertiary alicyclic amines) is 1. The Morgan fingerprint density at radius 1 is 0.943 bits per heavy atom. The maximum Gasteiger partial charge on any atom is 0.164 e. The average Bonchev–Trinajstić information content (AvgIpc) is 3.38. The molecule has 178 valence electrons. The maximum atomic E-state index is 13.1. The van der Waals surface area contributed by atoms with E-state index in [0.717, 1.165) is 66.5 Å². The van der Waals surface area contributed by atoms with Crippen LogP contribution in [0, 0.1) is 5.92 Å². The summed E-state index contributed by atoms with van der Waals surface area (Å²) in [6.45, 7) is 3.08. The highest BCUT2D eigenvalue weighted by atomic mass is 32.1. The molecule has 5 rings (SSSR count). The van der Waals surface area contributed by atoms with Gasteiger partial charge in [0, 0.05) is 47.2 Å². The summed E-state index contributed by atoms with van der Waals surface area (Å²) in [5.74, 6) is 0.827. The van der Waals surface area contributed by atoms with Crippen LogP contribution in [-0.4, -0.2) is 33.7 Å². The predicted octanol–water partition coefficient (Wildman–Crippen LogP) is 6.82. The number of aromatic nitrogens is 2. The molecular weight excluding hydrogens is 452 g/mol. The fourth-order valence-electron chi connectivity index (χ4n) is 4.62. The van der Waals surface area contributed by atoms with Crippen LogP contribution >= 0.6 is 11.3 Å². The van der Waals surface area contributed by atoms with E-state index in [-0.39, 0.29) is 5.78 Å². The van der Waals surface area contributed by atoms with Crippen molar-refractivity contribution in [1.82, 2.24) is 14.9 Å². The van der Waals surface area contributed by atoms with E-state index >= 15 is 0 Å². The van der Waals surface area contributed by atoms with Crippen LogP contribution < -0.4 is 5.32 Å². The van der Waals surface area contributed by atoms with Gasteiger partial charge in [-0.3, -0.25) is 14.7 Å². The number of nitrogens with zero attached hydrogens (tertiary/aromatic N) is 3. The number of ketones is 1. The Balaban J connectivity index is 1.10. The molecule has 2 aromatic carbocycles. The molecule has 1 aliphatic rings. The van der Waals surface area contributed by atoms with Crippen molar-refractivity contribution in [1.29, 1.82) is 0 Å². The maximum absolute atomic E-state index is 13.1. The van der Waals surface area contributed by atoms with Gasteiger partial charge in [0.2, 0.25) is 0 Å². The van der Waals surface area contributed by atoms with Crippen molar-refractivity contribution in [2.75, 3.05) is 18.4 Å². The molecule has 1 saturated heterocycles. The van der Waals surface area contributed by atoms with E-state index in [0.29, 0.717) is 12.3 Å². The first kappa shape index (κ1) is 23.4. The number of thiazole rings is 1. The van der Waals surface area contributed by atoms with Gasteiger partial charge >= 0.3 is 0 Å². The summed E-state index contributed by atoms with van der Waals surface area (Å²) in [4.78, 5) is 25.8. The smallest absolute Gasteiger partial charge is 0.164 e. The quantitative estimate of drug-likeness (QED) is 0.265. The number of carbonyl (C=O) groups excluding carboxylic acids is 1. The third-order valence-corrected chi connectivity index (χ3v) is 7.59. The molecule has 0 amide bonds. The van der Waals surface area contributed by atoms with Crippen molar-refractivity contribution in [2.45, 2.75) is 32.2 Å². The Labute approximate surface area is 210 Å². The number of benzene rings is 2. The highest BCUT2D eigenvalue weighted by Crippen LogP contribution is 2.28. The van der Waals surface area contributed by atoms with E-state index in [1.54, 1.807) is 11.3 Å². The van der Waals surface area contributed by atoms with Crippen LogP contribution in [0.3, 0.4) is 0 Å². The van der Waals surface area contributed by atoms with Crippen molar-refractivity contribution < 1.29 is 4.79 Å². The van der Waals surface area contributed by atoms with E-state index in [4.69, 9.17) is 0 Å². The molecule has 1 N–H and O–H groups in total. The summed E-state index contributed by atoms with van der Waals surface area (Å²) in [6, 6.07) is 23.8. The van der Waals surface area contributed by atoms with Crippen molar-refractivity contribution >= 4 is 28.5 Å². The van der Waals surface area contributed by atoms with E-state index < -0.39 is 0 Å². The zero-order valence-corrected chi connectivity index (χ0v) is 20.6. The minimum absolute atomic E-state index is 0.221. The average molecular weight is 483 g/mol. The second-order valence-electron chi connectivity index (χ2n) is 9.06. The lowest BCUT2D eigenvalue weighted by molar-refractivity contribution is 0.0962. The fraction of sp³-hybridized carbons (Fsp3) is 0.276. The summed E-state index contributed by atoms with van der Waals surface area (Å²) < 4.78 is 0. The number of anilines is 2. The zero-order valence-electron chi connectivity index (χ0n) is 19.8. The number of rotatable bonds is 9. The van der Waals surface area contributed by atoms with Crippen molar-refractivity contribution in [3.63, 3.8) is 0 Å². The Kier molecular flexibility index (Phi) is 7.61. The Morgan fingerprint density at radius 3 is 2.51 bits per heavy atom. The lowest BCUT2D eigenvalue weighted by atomic mass is 9.90. The molecule has 0 saturated carbocycles. The molecule has 0 spiro atoms. The zero-order chi connectivity index (χ0) is 23.9. The third-order valence-electron chi connectivity index (χ3n) is 6.58. The number of para-hydroxylation sites is 2. The molecule has 0 aliphatic carbocycles. The second-order valence-corrected chi connectivity index (χ2v) is 10.2. The number of Topliss-reactive ketones (excluding diaryl/α,β-unsaturated/α-hetero) is 1. The first-order valence-corrected chi connectivity index (χ1v) is 13.1. The number of piperidine rings is 1. The molecule has 4 aromatic rings. The highest BCUT2D eigenvalue weighted by molar-refractivity contribution is 7.14. The third kappa shape index (κ3) is 6.21. The lowest BCUT2D eigenvalue weighted by Crippen LogP contribution is -2.33. The normalized spacial score (nSPS) is 14.6. The monoisotopic (exact) mass is 482 g/mol. The Hall–Kier alpha value is -3.35. The summed E-state index contributed by atoms with van der Waals surface area (Å²) in [5, 5.41) is 4.38. The van der Waals surface area contributed by atoms with E-state index in [9.17, 15) is 4.79 Å². The molecular formula is C29H30N4OS. The first-order chi connectivity index (χ1) is 17.2. The fourth-order valence-corrected chi connectivity index (χ4v) is 5.56. The summed E-state index contributed by atoms with van der Waals surface area (Å²) >= 11 is 1.73. The van der Waals surface area contributed by atoms with Crippen molar-refractivity contribution in [3.8, 4) is 10.7 Å². The number of carbonyl (C=O) groups is 1. The molecule has 0 atom stereocenters. The number of hydrogen-bond donors (Lipinski definition) is 1. The second kappa shape index (κ2) is 11.4. The van der Waals surface area contributed by atoms with Crippen LogP contribution in [0.15, 0.2) is 85.2 Å². The van der Waals surface area contributed by atoms with Gasteiger partial charge in [-0.25, -0.2) is 4.98 Å². The van der Waals surface area contributed by atoms with Crippen LogP contribution in [0.4, 0.5) is 11.4 Å². The largest absolute Gasteiger partial charge is 0.355 e. The Morgan fingerprint density at radius 2 is 1.71 bits per heavy atom. The molecule has 3 heterocycles. The molecule has 35 heavy (non-hydrogen) atoms. The van der Waals surface area contributed by atoms with Crippen molar-refractivity contribution in [2.24, 2.45) is 5.92 Å². The lowest BCUT2D eigenvalue weighted by Gasteiger charge is -2.31. The number of pyridine rings is 1. The van der Waals surface area contributed by atoms with Crippen LogP contribution in [0.2, 0.25) is 0 Å². The molecule has 5 nitrogen and oxygen atoms in total. The topological polar surface area (TPSA) is 58.1 Å². The van der Waals surface area contributed by atoms with Crippen molar-refractivity contribution in [3.05, 3.63) is 95.6 Å². The number of hydrogen-bond acceptors (Lipinski definition) is 6. The minimum Gasteiger partial charge on any atom is -0.355 e. The van der Waals surface area contributed by atoms with Gasteiger partial charge in [0.1, 0.15) is 5.01 Å². The molecule has 1 fully saturated rings. The van der Waals surface area contributed by atoms with Gasteiger partial charge in [-0.2, -0.15) is 0 Å². The van der Waals surface area contributed by atoms with E-state index in [1.807, 2.05) is 85.2 Å². The van der Waals surface area contributed by atoms with Crippen LogP contribution in [0.5, 0.6) is 0 Å². The van der Waals surface area contributed by atoms with Gasteiger partial charge < -0.3 is 5.32 Å². The molecule has 2 aromatic heterocycles. The van der Waals surface area contributed by atoms with Crippen LogP contribution in [0.1, 0.15) is 40.9 Å². The summed E-state index contributed by atoms with van der Waals surface area (Å²) in [5.41, 5.74) is 3.59. The number of nitrogens with one attached hydrogen (secondary N) is 1. The van der Waals surface area contributed by atoms with Gasteiger partial charge in [-0.05, 0) is 74.7 Å². The van der Waals surface area contributed by atoms with Gasteiger partial charge in [-0.1, -0.05) is 36.4 Å². The SMILES string of the molecule is O=C(CCC1CCN(Cc2cnc(-c3ccccn3)s2)CC1)c1ccccc1Nc1ccccc1. The van der Waals surface area contributed by atoms with E-state index in [2.05, 4.69) is 20.2 Å². The van der Waals surface area contributed by atoms with Gasteiger partial charge in [0.05, 0.1) is 5.69 Å². The summed E-state index contributed by atoms with van der Waals surface area (Å²) in [6.07, 6.45) is 7.63. The molecule has 0 bridgehead atoms. The van der Waals surface area contributed by atoms with E-state index in [1.165, 1.54) is 4.88 Å². The Bertz CT molecular complexity index is 1230. The first-order valence-electron chi connectivity index (χ1n) is 12.3. The van der Waals surface area contributed by atoms with Gasteiger partial charge in [0.25, 0.3) is 0 Å². The minimum atomic E-state index is 0.221. The molecule has 1 aliphatic heterocycles. The highest BCUT2D eigenvalue weighted by Gasteiger charge is 2.21. The van der Waals surface area contributed by atoms with Gasteiger partial charge in [-0.15, -0.1) is 11.3 Å². The molecule has 0 unspecified atom stereocenters. The summed E-state index contributed by atoms with van der Waals surface area (Å²) in [7, 11) is 0. The molecule has 0 radical (unpaired) electrons.